The highest BCUT2D eigenvalue weighted by atomic mass is 35.5. The number of halogens is 1. The molecular weight excluding hydrogens is 300 g/mol. The highest BCUT2D eigenvalue weighted by molar-refractivity contribution is 6.30. The van der Waals surface area contributed by atoms with Gasteiger partial charge in [-0.15, -0.1) is 0 Å². The number of hydrogen-bond acceptors (Lipinski definition) is 2. The van der Waals surface area contributed by atoms with Crippen LogP contribution in [0, 0.1) is 11.8 Å². The maximum atomic E-state index is 12.2. The van der Waals surface area contributed by atoms with Crippen LogP contribution < -0.4 is 5.32 Å². The molecule has 22 heavy (non-hydrogen) atoms. The standard InChI is InChI=1S/C17H23ClN2O2/c1-12(2)17(22)20-9-7-14(8-10-20)16(21)19-11-13-3-5-15(18)6-4-13/h3-6,12,14H,7-11H2,1-2H3,(H,19,21). The fourth-order valence-corrected chi connectivity index (χ4v) is 2.79. The van der Waals surface area contributed by atoms with Gasteiger partial charge in [-0.1, -0.05) is 37.6 Å². The van der Waals surface area contributed by atoms with Crippen LogP contribution in [0.4, 0.5) is 0 Å². The fraction of sp³-hybridized carbons (Fsp3) is 0.529. The molecular formula is C17H23ClN2O2. The molecule has 0 unspecified atom stereocenters. The normalized spacial score (nSPS) is 15.9. The number of piperidine rings is 1. The molecule has 1 fully saturated rings. The Hall–Kier alpha value is -1.55. The zero-order chi connectivity index (χ0) is 16.1. The summed E-state index contributed by atoms with van der Waals surface area (Å²) in [5, 5.41) is 3.66. The van der Waals surface area contributed by atoms with Gasteiger partial charge >= 0.3 is 0 Å². The van der Waals surface area contributed by atoms with E-state index in [1.54, 1.807) is 0 Å². The van der Waals surface area contributed by atoms with Crippen molar-refractivity contribution in [3.63, 3.8) is 0 Å². The third kappa shape index (κ3) is 4.47. The molecule has 2 amide bonds. The number of hydrogen-bond donors (Lipinski definition) is 1. The Labute approximate surface area is 136 Å². The third-order valence-electron chi connectivity index (χ3n) is 4.05. The fourth-order valence-electron chi connectivity index (χ4n) is 2.66. The van der Waals surface area contributed by atoms with Crippen molar-refractivity contribution < 1.29 is 9.59 Å². The van der Waals surface area contributed by atoms with Gasteiger partial charge in [-0.05, 0) is 30.5 Å². The van der Waals surface area contributed by atoms with Gasteiger partial charge in [0.2, 0.25) is 11.8 Å². The van der Waals surface area contributed by atoms with Crippen LogP contribution in [0.5, 0.6) is 0 Å². The number of nitrogens with one attached hydrogen (secondary N) is 1. The Morgan fingerprint density at radius 1 is 1.23 bits per heavy atom. The Bertz CT molecular complexity index is 520. The summed E-state index contributed by atoms with van der Waals surface area (Å²) in [7, 11) is 0. The molecule has 1 aromatic carbocycles. The summed E-state index contributed by atoms with van der Waals surface area (Å²) in [5.41, 5.74) is 1.03. The van der Waals surface area contributed by atoms with Crippen molar-refractivity contribution in [3.05, 3.63) is 34.9 Å². The summed E-state index contributed by atoms with van der Waals surface area (Å²) in [5.74, 6) is 0.283. The van der Waals surface area contributed by atoms with E-state index >= 15 is 0 Å². The molecule has 0 bridgehead atoms. The lowest BCUT2D eigenvalue weighted by Gasteiger charge is -2.32. The van der Waals surface area contributed by atoms with Gasteiger partial charge in [-0.2, -0.15) is 0 Å². The summed E-state index contributed by atoms with van der Waals surface area (Å²) in [6, 6.07) is 7.46. The van der Waals surface area contributed by atoms with Gasteiger partial charge in [0.15, 0.2) is 0 Å². The SMILES string of the molecule is CC(C)C(=O)N1CCC(C(=O)NCc2ccc(Cl)cc2)CC1. The van der Waals surface area contributed by atoms with E-state index in [-0.39, 0.29) is 23.7 Å². The Balaban J connectivity index is 1.77. The van der Waals surface area contributed by atoms with E-state index in [1.807, 2.05) is 43.0 Å². The quantitative estimate of drug-likeness (QED) is 0.926. The summed E-state index contributed by atoms with van der Waals surface area (Å²) >= 11 is 5.84. The number of rotatable bonds is 4. The first-order valence-electron chi connectivity index (χ1n) is 7.78. The molecule has 0 spiro atoms. The Morgan fingerprint density at radius 3 is 2.36 bits per heavy atom. The Morgan fingerprint density at radius 2 is 1.82 bits per heavy atom. The molecule has 0 aliphatic carbocycles. The van der Waals surface area contributed by atoms with Crippen LogP contribution in [0.25, 0.3) is 0 Å². The highest BCUT2D eigenvalue weighted by Gasteiger charge is 2.27. The average molecular weight is 323 g/mol. The molecule has 1 heterocycles. The van der Waals surface area contributed by atoms with Crippen LogP contribution in [-0.2, 0) is 16.1 Å². The topological polar surface area (TPSA) is 49.4 Å². The monoisotopic (exact) mass is 322 g/mol. The van der Waals surface area contributed by atoms with Crippen LogP contribution in [-0.4, -0.2) is 29.8 Å². The predicted molar refractivity (Wildman–Crippen MR) is 87.4 cm³/mol. The van der Waals surface area contributed by atoms with E-state index in [9.17, 15) is 9.59 Å². The zero-order valence-electron chi connectivity index (χ0n) is 13.1. The Kier molecular flexibility index (Phi) is 5.83. The number of carbonyl (C=O) groups is 2. The van der Waals surface area contributed by atoms with Crippen molar-refractivity contribution >= 4 is 23.4 Å². The van der Waals surface area contributed by atoms with Gasteiger partial charge in [0, 0.05) is 36.5 Å². The lowest BCUT2D eigenvalue weighted by atomic mass is 9.95. The first-order chi connectivity index (χ1) is 10.5. The molecule has 2 rings (SSSR count). The summed E-state index contributed by atoms with van der Waals surface area (Å²) in [4.78, 5) is 26.0. The van der Waals surface area contributed by atoms with Crippen molar-refractivity contribution in [2.45, 2.75) is 33.2 Å². The van der Waals surface area contributed by atoms with E-state index < -0.39 is 0 Å². The summed E-state index contributed by atoms with van der Waals surface area (Å²) in [6.45, 7) is 5.69. The summed E-state index contributed by atoms with van der Waals surface area (Å²) < 4.78 is 0. The van der Waals surface area contributed by atoms with Crippen LogP contribution >= 0.6 is 11.6 Å². The molecule has 0 aromatic heterocycles. The minimum Gasteiger partial charge on any atom is -0.352 e. The zero-order valence-corrected chi connectivity index (χ0v) is 13.9. The molecule has 1 aliphatic heterocycles. The van der Waals surface area contributed by atoms with Crippen LogP contribution in [0.3, 0.4) is 0 Å². The molecule has 0 radical (unpaired) electrons. The number of benzene rings is 1. The first kappa shape index (κ1) is 16.8. The molecule has 0 atom stereocenters. The predicted octanol–water partition coefficient (Wildman–Crippen LogP) is 2.85. The van der Waals surface area contributed by atoms with Crippen molar-refractivity contribution in [1.29, 1.82) is 0 Å². The molecule has 4 nitrogen and oxygen atoms in total. The maximum Gasteiger partial charge on any atom is 0.225 e. The largest absolute Gasteiger partial charge is 0.352 e. The van der Waals surface area contributed by atoms with Crippen molar-refractivity contribution in [1.82, 2.24) is 10.2 Å². The van der Waals surface area contributed by atoms with Gasteiger partial charge in [0.25, 0.3) is 0 Å². The van der Waals surface area contributed by atoms with E-state index in [0.29, 0.717) is 24.7 Å². The number of likely N-dealkylation sites (tertiary alicyclic amines) is 1. The molecule has 1 saturated heterocycles. The molecule has 0 saturated carbocycles. The molecule has 1 aromatic rings. The van der Waals surface area contributed by atoms with Crippen molar-refractivity contribution in [2.24, 2.45) is 11.8 Å². The second kappa shape index (κ2) is 7.63. The van der Waals surface area contributed by atoms with Crippen molar-refractivity contribution in [2.75, 3.05) is 13.1 Å². The minimum absolute atomic E-state index is 0.00325. The molecule has 1 aliphatic rings. The maximum absolute atomic E-state index is 12.2. The highest BCUT2D eigenvalue weighted by Crippen LogP contribution is 2.19. The van der Waals surface area contributed by atoms with E-state index in [4.69, 9.17) is 11.6 Å². The average Bonchev–Trinajstić information content (AvgIpc) is 2.53. The number of carbonyl (C=O) groups excluding carboxylic acids is 2. The van der Waals surface area contributed by atoms with Gasteiger partial charge < -0.3 is 10.2 Å². The van der Waals surface area contributed by atoms with Crippen LogP contribution in [0.15, 0.2) is 24.3 Å². The number of amides is 2. The second-order valence-electron chi connectivity index (χ2n) is 6.10. The van der Waals surface area contributed by atoms with E-state index in [2.05, 4.69) is 5.32 Å². The van der Waals surface area contributed by atoms with Crippen LogP contribution in [0.1, 0.15) is 32.3 Å². The van der Waals surface area contributed by atoms with E-state index in [1.165, 1.54) is 0 Å². The minimum atomic E-state index is 0.00325. The van der Waals surface area contributed by atoms with Gasteiger partial charge in [0.05, 0.1) is 0 Å². The first-order valence-corrected chi connectivity index (χ1v) is 8.16. The molecule has 5 heteroatoms. The van der Waals surface area contributed by atoms with Crippen LogP contribution in [0.2, 0.25) is 5.02 Å². The smallest absolute Gasteiger partial charge is 0.225 e. The van der Waals surface area contributed by atoms with Gasteiger partial charge in [-0.25, -0.2) is 0 Å². The van der Waals surface area contributed by atoms with E-state index in [0.717, 1.165) is 18.4 Å². The molecule has 120 valence electrons. The van der Waals surface area contributed by atoms with Gasteiger partial charge in [-0.3, -0.25) is 9.59 Å². The van der Waals surface area contributed by atoms with Gasteiger partial charge in [0.1, 0.15) is 0 Å². The summed E-state index contributed by atoms with van der Waals surface area (Å²) in [6.07, 6.45) is 1.48. The van der Waals surface area contributed by atoms with Crippen molar-refractivity contribution in [3.8, 4) is 0 Å². The lowest BCUT2D eigenvalue weighted by Crippen LogP contribution is -2.44. The third-order valence-corrected chi connectivity index (χ3v) is 4.30. The molecule has 1 N–H and O–H groups in total. The second-order valence-corrected chi connectivity index (χ2v) is 6.53. The number of nitrogens with zero attached hydrogens (tertiary/aromatic N) is 1. The lowest BCUT2D eigenvalue weighted by molar-refractivity contribution is -0.138.